The number of nitrogen functional groups attached to an aromatic ring is 1. The predicted molar refractivity (Wildman–Crippen MR) is 125 cm³/mol. The Bertz CT molecular complexity index is 1030. The number of anilines is 3. The quantitative estimate of drug-likeness (QED) is 0.235. The van der Waals surface area contributed by atoms with E-state index in [1.165, 1.54) is 24.3 Å². The summed E-state index contributed by atoms with van der Waals surface area (Å²) in [6, 6.07) is 16.6. The van der Waals surface area contributed by atoms with E-state index in [2.05, 4.69) is 31.2 Å². The topological polar surface area (TPSA) is 126 Å². The first-order valence-corrected chi connectivity index (χ1v) is 10.0. The molecule has 0 aliphatic heterocycles. The second-order valence-corrected chi connectivity index (χ2v) is 7.09. The van der Waals surface area contributed by atoms with Gasteiger partial charge in [-0.15, -0.1) is 0 Å². The summed E-state index contributed by atoms with van der Waals surface area (Å²) < 4.78 is 2.10. The van der Waals surface area contributed by atoms with Gasteiger partial charge < -0.3 is 26.2 Å². The molecule has 9 heteroatoms. The molecule has 0 saturated carbocycles. The maximum atomic E-state index is 9.95. The van der Waals surface area contributed by atoms with E-state index in [-0.39, 0.29) is 17.4 Å². The van der Waals surface area contributed by atoms with Gasteiger partial charge in [0.1, 0.15) is 40.8 Å². The summed E-state index contributed by atoms with van der Waals surface area (Å²) in [7, 11) is 0. The van der Waals surface area contributed by atoms with Crippen molar-refractivity contribution in [2.45, 2.75) is 0 Å². The molecule has 30 heavy (non-hydrogen) atoms. The lowest BCUT2D eigenvalue weighted by molar-refractivity contribution is 0.477. The molecule has 1 heterocycles. The Balaban J connectivity index is 1.78. The molecule has 0 unspecified atom stereocenters. The molecule has 2 aromatic carbocycles. The Morgan fingerprint density at radius 1 is 1.17 bits per heavy atom. The van der Waals surface area contributed by atoms with Gasteiger partial charge in [-0.05, 0) is 41.6 Å². The third kappa shape index (κ3) is 5.21. The smallest absolute Gasteiger partial charge is 0.142 e. The fraction of sp³-hybridized carbons (Fsp3) is 0.0952. The number of nitrogens with two attached hydrogens (primary N) is 2. The minimum atomic E-state index is 0.0188. The van der Waals surface area contributed by atoms with Crippen molar-refractivity contribution in [3.63, 3.8) is 0 Å². The van der Waals surface area contributed by atoms with E-state index in [0.717, 1.165) is 5.69 Å². The van der Waals surface area contributed by atoms with Crippen molar-refractivity contribution in [2.75, 3.05) is 28.4 Å². The number of nitrogens with one attached hydrogen (secondary N) is 1. The molecule has 0 amide bonds. The fourth-order valence-electron chi connectivity index (χ4n) is 2.73. The zero-order valence-corrected chi connectivity index (χ0v) is 17.1. The van der Waals surface area contributed by atoms with Gasteiger partial charge >= 0.3 is 0 Å². The van der Waals surface area contributed by atoms with Crippen LogP contribution < -0.4 is 21.1 Å². The number of para-hydroxylation sites is 3. The summed E-state index contributed by atoms with van der Waals surface area (Å²) in [5.74, 6) is 0.795. The van der Waals surface area contributed by atoms with E-state index in [1.54, 1.807) is 23.6 Å². The molecular weight excluding hydrogens is 398 g/mol. The van der Waals surface area contributed by atoms with Gasteiger partial charge in [-0.3, -0.25) is 0 Å². The molecule has 0 aliphatic carbocycles. The molecular formula is C21H23N7OS. The molecule has 0 saturated heterocycles. The van der Waals surface area contributed by atoms with Gasteiger partial charge in [0, 0.05) is 18.8 Å². The third-order valence-corrected chi connectivity index (χ3v) is 4.91. The number of aromatic hydroxyl groups is 1. The minimum absolute atomic E-state index is 0.0188. The summed E-state index contributed by atoms with van der Waals surface area (Å²) >= 11 is 1.51. The van der Waals surface area contributed by atoms with Gasteiger partial charge in [0.15, 0.2) is 0 Å². The van der Waals surface area contributed by atoms with Crippen LogP contribution in [0.15, 0.2) is 77.9 Å². The maximum Gasteiger partial charge on any atom is 0.142 e. The molecule has 0 spiro atoms. The molecule has 3 aromatic rings. The maximum absolute atomic E-state index is 9.95. The van der Waals surface area contributed by atoms with Crippen molar-refractivity contribution in [1.82, 2.24) is 9.97 Å². The van der Waals surface area contributed by atoms with Crippen molar-refractivity contribution in [1.29, 1.82) is 0 Å². The number of hydrogen-bond donors (Lipinski definition) is 4. The summed E-state index contributed by atoms with van der Waals surface area (Å²) in [6.45, 7) is 5.02. The molecule has 1 aromatic heterocycles. The molecule has 0 fully saturated rings. The predicted octanol–water partition coefficient (Wildman–Crippen LogP) is 3.51. The van der Waals surface area contributed by atoms with Gasteiger partial charge in [-0.1, -0.05) is 36.9 Å². The van der Waals surface area contributed by atoms with Crippen molar-refractivity contribution in [3.8, 4) is 5.75 Å². The highest BCUT2D eigenvalue weighted by Gasteiger charge is 2.15. The van der Waals surface area contributed by atoms with E-state index >= 15 is 0 Å². The normalized spacial score (nSPS) is 11.1. The van der Waals surface area contributed by atoms with Crippen LogP contribution >= 0.6 is 11.9 Å². The van der Waals surface area contributed by atoms with Crippen LogP contribution in [0.4, 0.5) is 23.0 Å². The van der Waals surface area contributed by atoms with Gasteiger partial charge in [0.25, 0.3) is 0 Å². The zero-order chi connectivity index (χ0) is 21.3. The van der Waals surface area contributed by atoms with Crippen molar-refractivity contribution < 1.29 is 5.11 Å². The highest BCUT2D eigenvalue weighted by atomic mass is 32.2. The van der Waals surface area contributed by atoms with Crippen LogP contribution in [0, 0.1) is 0 Å². The van der Waals surface area contributed by atoms with E-state index < -0.39 is 0 Å². The number of aromatic nitrogens is 2. The van der Waals surface area contributed by atoms with Crippen molar-refractivity contribution in [2.24, 2.45) is 10.7 Å². The average Bonchev–Trinajstić information content (AvgIpc) is 2.75. The summed E-state index contributed by atoms with van der Waals surface area (Å²) in [5, 5.41) is 15.0. The van der Waals surface area contributed by atoms with Crippen LogP contribution in [0.1, 0.15) is 5.56 Å². The minimum Gasteiger partial charge on any atom is -0.506 e. The van der Waals surface area contributed by atoms with Crippen LogP contribution in [-0.2, 0) is 0 Å². The Hall–Kier alpha value is -3.72. The Morgan fingerprint density at radius 3 is 2.63 bits per heavy atom. The monoisotopic (exact) mass is 421 g/mol. The highest BCUT2D eigenvalue weighted by Crippen LogP contribution is 2.27. The molecule has 0 atom stereocenters. The second kappa shape index (κ2) is 10.2. The first-order valence-electron chi connectivity index (χ1n) is 9.17. The summed E-state index contributed by atoms with van der Waals surface area (Å²) in [4.78, 5) is 12.6. The number of aliphatic imine (C=N–C) groups is 1. The third-order valence-electron chi connectivity index (χ3n) is 4.11. The second-order valence-electron chi connectivity index (χ2n) is 6.10. The van der Waals surface area contributed by atoms with Gasteiger partial charge in [0.2, 0.25) is 0 Å². The Morgan fingerprint density at radius 2 is 1.90 bits per heavy atom. The number of hydrogen-bond acceptors (Lipinski definition) is 8. The first-order chi connectivity index (χ1) is 14.6. The van der Waals surface area contributed by atoms with Crippen LogP contribution in [0.5, 0.6) is 5.75 Å². The summed E-state index contributed by atoms with van der Waals surface area (Å²) in [6.07, 6.45) is 1.36. The number of phenolic OH excluding ortho intramolecular Hbond substituents is 1. The Kier molecular flexibility index (Phi) is 7.12. The molecule has 6 N–H and O–H groups in total. The lowest BCUT2D eigenvalue weighted by atomic mass is 10.2. The largest absolute Gasteiger partial charge is 0.506 e. The number of phenols is 1. The number of rotatable bonds is 9. The van der Waals surface area contributed by atoms with Gasteiger partial charge in [-0.25, -0.2) is 15.0 Å². The standard InChI is InChI=1S/C21H23N7OS/c1-2-30-28(15-8-4-3-5-9-15)13-12-24-21-18(19(22)25-14-26-21)20(23)27-16-10-6-7-11-17(16)29/h2-11,14,29H,1,12-13H2,(H2,23,27)(H3,22,24,25,26). The SMILES string of the molecule is C=CSN(CCNc1ncnc(N)c1C(N)=Nc1ccccc1O)c1ccccc1. The van der Waals surface area contributed by atoms with Crippen LogP contribution in [0.25, 0.3) is 0 Å². The van der Waals surface area contributed by atoms with Crippen LogP contribution in [0.2, 0.25) is 0 Å². The molecule has 0 radical (unpaired) electrons. The highest BCUT2D eigenvalue weighted by molar-refractivity contribution is 8.03. The van der Waals surface area contributed by atoms with E-state index in [0.29, 0.717) is 30.2 Å². The van der Waals surface area contributed by atoms with Gasteiger partial charge in [0.05, 0.1) is 0 Å². The van der Waals surface area contributed by atoms with Crippen molar-refractivity contribution in [3.05, 3.63) is 78.5 Å². The van der Waals surface area contributed by atoms with Crippen LogP contribution in [0.3, 0.4) is 0 Å². The number of amidine groups is 1. The lowest BCUT2D eigenvalue weighted by Crippen LogP contribution is -2.25. The molecule has 3 rings (SSSR count). The molecule has 8 nitrogen and oxygen atoms in total. The van der Waals surface area contributed by atoms with Crippen LogP contribution in [-0.4, -0.2) is 34.0 Å². The number of benzene rings is 2. The number of nitrogens with zero attached hydrogens (tertiary/aromatic N) is 4. The first kappa shape index (κ1) is 21.0. The fourth-order valence-corrected chi connectivity index (χ4v) is 3.35. The molecule has 0 aliphatic rings. The summed E-state index contributed by atoms with van der Waals surface area (Å²) in [5.41, 5.74) is 14.0. The Labute approximate surface area is 179 Å². The average molecular weight is 422 g/mol. The molecule has 154 valence electrons. The zero-order valence-electron chi connectivity index (χ0n) is 16.3. The van der Waals surface area contributed by atoms with Gasteiger partial charge in [-0.2, -0.15) is 0 Å². The van der Waals surface area contributed by atoms with E-state index in [4.69, 9.17) is 11.5 Å². The molecule has 0 bridgehead atoms. The van der Waals surface area contributed by atoms with E-state index in [1.807, 2.05) is 30.3 Å². The van der Waals surface area contributed by atoms with E-state index in [9.17, 15) is 5.11 Å². The van der Waals surface area contributed by atoms with Crippen molar-refractivity contribution >= 4 is 40.8 Å². The lowest BCUT2D eigenvalue weighted by Gasteiger charge is -2.22.